The van der Waals surface area contributed by atoms with Gasteiger partial charge in [-0.15, -0.1) is 0 Å². The smallest absolute Gasteiger partial charge is 0.252 e. The molecule has 10 heteroatoms. The van der Waals surface area contributed by atoms with Crippen LogP contribution in [0, 0.1) is 0 Å². The number of nitrogens with zero attached hydrogens (tertiary/aromatic N) is 4. The van der Waals surface area contributed by atoms with Gasteiger partial charge in [0.15, 0.2) is 5.82 Å². The topological polar surface area (TPSA) is 106 Å². The summed E-state index contributed by atoms with van der Waals surface area (Å²) in [5.74, 6) is 0.814. The Labute approximate surface area is 154 Å². The summed E-state index contributed by atoms with van der Waals surface area (Å²) >= 11 is 0. The highest BCUT2D eigenvalue weighted by atomic mass is 32.2. The van der Waals surface area contributed by atoms with Crippen LogP contribution in [0.3, 0.4) is 0 Å². The second-order valence-electron chi connectivity index (χ2n) is 6.75. The fourth-order valence-corrected chi connectivity index (χ4v) is 4.46. The summed E-state index contributed by atoms with van der Waals surface area (Å²) in [4.78, 5) is 18.1. The van der Waals surface area contributed by atoms with Gasteiger partial charge in [-0.25, -0.2) is 8.42 Å². The van der Waals surface area contributed by atoms with Gasteiger partial charge >= 0.3 is 0 Å². The summed E-state index contributed by atoms with van der Waals surface area (Å²) in [6, 6.07) is -0.139. The molecule has 0 bridgehead atoms. The van der Waals surface area contributed by atoms with Crippen molar-refractivity contribution in [1.82, 2.24) is 19.3 Å². The van der Waals surface area contributed by atoms with E-state index < -0.39 is 15.3 Å². The fraction of sp³-hybridized carbons (Fsp3) is 0.812. The highest BCUT2D eigenvalue weighted by Crippen LogP contribution is 2.21. The summed E-state index contributed by atoms with van der Waals surface area (Å²) in [5.41, 5.74) is 0. The van der Waals surface area contributed by atoms with Crippen LogP contribution in [0.5, 0.6) is 0 Å². The highest BCUT2D eigenvalue weighted by Gasteiger charge is 2.34. The van der Waals surface area contributed by atoms with Crippen molar-refractivity contribution >= 4 is 15.9 Å². The van der Waals surface area contributed by atoms with E-state index in [0.29, 0.717) is 37.8 Å². The molecule has 1 saturated heterocycles. The minimum atomic E-state index is -3.32. The molecule has 0 radical (unpaired) electrons. The zero-order chi connectivity index (χ0) is 19.3. The number of sulfonamides is 1. The predicted molar refractivity (Wildman–Crippen MR) is 94.8 cm³/mol. The first-order valence-corrected chi connectivity index (χ1v) is 10.3. The number of carbonyl (C=O) groups is 1. The van der Waals surface area contributed by atoms with Crippen molar-refractivity contribution in [2.24, 2.45) is 0 Å². The van der Waals surface area contributed by atoms with Gasteiger partial charge in [0.05, 0.1) is 5.25 Å². The maximum absolute atomic E-state index is 12.4. The Bertz CT molecular complexity index is 703. The Hall–Kier alpha value is -1.52. The van der Waals surface area contributed by atoms with Gasteiger partial charge in [0, 0.05) is 46.1 Å². The average molecular weight is 388 g/mol. The first kappa shape index (κ1) is 20.8. The number of ether oxygens (including phenoxy) is 1. The number of carbonyl (C=O) groups excluding carboxylic acids is 1. The molecule has 1 fully saturated rings. The van der Waals surface area contributed by atoms with Crippen LogP contribution in [0.2, 0.25) is 0 Å². The lowest BCUT2D eigenvalue weighted by Gasteiger charge is -2.39. The van der Waals surface area contributed by atoms with E-state index in [1.165, 1.54) is 11.2 Å². The minimum absolute atomic E-state index is 0.0839. The summed E-state index contributed by atoms with van der Waals surface area (Å²) in [6.07, 6.45) is 1.96. The maximum atomic E-state index is 12.4. The Kier molecular flexibility index (Phi) is 7.13. The molecule has 2 rings (SSSR count). The van der Waals surface area contributed by atoms with Gasteiger partial charge in [0.2, 0.25) is 15.9 Å². The van der Waals surface area contributed by atoms with Crippen molar-refractivity contribution in [3.63, 3.8) is 0 Å². The lowest BCUT2D eigenvalue weighted by Crippen LogP contribution is -2.52. The molecule has 0 saturated carbocycles. The third-order valence-corrected chi connectivity index (χ3v) is 6.76. The molecule has 2 heterocycles. The lowest BCUT2D eigenvalue weighted by atomic mass is 10.1. The van der Waals surface area contributed by atoms with Gasteiger partial charge in [0.25, 0.3) is 5.89 Å². The third-order valence-electron chi connectivity index (χ3n) is 4.51. The van der Waals surface area contributed by atoms with Gasteiger partial charge in [0.1, 0.15) is 6.61 Å². The van der Waals surface area contributed by atoms with E-state index in [9.17, 15) is 13.2 Å². The number of amides is 1. The van der Waals surface area contributed by atoms with E-state index in [1.807, 2.05) is 0 Å². The first-order chi connectivity index (χ1) is 12.3. The number of hydrogen-bond acceptors (Lipinski definition) is 7. The zero-order valence-corrected chi connectivity index (χ0v) is 16.7. The molecular formula is C16H28N4O5S. The van der Waals surface area contributed by atoms with Crippen LogP contribution in [0.15, 0.2) is 4.52 Å². The molecule has 1 atom stereocenters. The first-order valence-electron chi connectivity index (χ1n) is 8.82. The molecule has 1 unspecified atom stereocenters. The number of methoxy groups -OCH3 is 1. The monoisotopic (exact) mass is 388 g/mol. The van der Waals surface area contributed by atoms with E-state index in [1.54, 1.807) is 25.9 Å². The van der Waals surface area contributed by atoms with E-state index in [-0.39, 0.29) is 18.6 Å². The Morgan fingerprint density at radius 3 is 2.81 bits per heavy atom. The number of aromatic nitrogens is 2. The number of hydrogen-bond donors (Lipinski definition) is 0. The largest absolute Gasteiger partial charge is 0.375 e. The molecule has 0 aromatic carbocycles. The van der Waals surface area contributed by atoms with Crippen molar-refractivity contribution in [2.75, 3.05) is 26.7 Å². The molecule has 0 aliphatic carbocycles. The van der Waals surface area contributed by atoms with Crippen molar-refractivity contribution in [3.8, 4) is 0 Å². The molecule has 0 N–H and O–H groups in total. The third kappa shape index (κ3) is 5.01. The Morgan fingerprint density at radius 2 is 2.19 bits per heavy atom. The minimum Gasteiger partial charge on any atom is -0.375 e. The van der Waals surface area contributed by atoms with Crippen molar-refractivity contribution in [2.45, 2.75) is 57.9 Å². The van der Waals surface area contributed by atoms with Crippen LogP contribution in [0.25, 0.3) is 0 Å². The van der Waals surface area contributed by atoms with Crippen molar-refractivity contribution in [1.29, 1.82) is 0 Å². The molecule has 1 aliphatic rings. The van der Waals surface area contributed by atoms with E-state index in [0.717, 1.165) is 12.8 Å². The van der Waals surface area contributed by atoms with Crippen molar-refractivity contribution < 1.29 is 22.5 Å². The number of piperidine rings is 1. The van der Waals surface area contributed by atoms with Gasteiger partial charge in [-0.2, -0.15) is 9.29 Å². The summed E-state index contributed by atoms with van der Waals surface area (Å²) in [7, 11) is -1.78. The molecule has 1 aromatic rings. The van der Waals surface area contributed by atoms with Crippen LogP contribution in [-0.2, 0) is 32.6 Å². The zero-order valence-electron chi connectivity index (χ0n) is 15.8. The van der Waals surface area contributed by atoms with Gasteiger partial charge < -0.3 is 14.2 Å². The van der Waals surface area contributed by atoms with E-state index in [2.05, 4.69) is 10.1 Å². The quantitative estimate of drug-likeness (QED) is 0.649. The normalized spacial score (nSPS) is 19.0. The standard InChI is InChI=1S/C16H28N4O5S/c1-12(2)26(22,23)19-8-5-6-14(10-19)20(13(3)21)9-7-15-17-16(11-24-4)25-18-15/h12,14H,5-11H2,1-4H3. The molecule has 148 valence electrons. The Balaban J connectivity index is 2.02. The van der Waals surface area contributed by atoms with Gasteiger partial charge in [-0.3, -0.25) is 4.79 Å². The molecule has 9 nitrogen and oxygen atoms in total. The highest BCUT2D eigenvalue weighted by molar-refractivity contribution is 7.89. The van der Waals surface area contributed by atoms with Crippen LogP contribution in [0.4, 0.5) is 0 Å². The number of rotatable bonds is 8. The molecule has 0 spiro atoms. The van der Waals surface area contributed by atoms with Gasteiger partial charge in [-0.1, -0.05) is 5.16 Å². The predicted octanol–water partition coefficient (Wildman–Crippen LogP) is 0.810. The van der Waals surface area contributed by atoms with Crippen LogP contribution in [-0.4, -0.2) is 71.7 Å². The second kappa shape index (κ2) is 8.92. The maximum Gasteiger partial charge on any atom is 0.252 e. The summed E-state index contributed by atoms with van der Waals surface area (Å²) in [6.45, 7) is 6.36. The molecule has 1 amide bonds. The van der Waals surface area contributed by atoms with Crippen LogP contribution >= 0.6 is 0 Å². The van der Waals surface area contributed by atoms with E-state index in [4.69, 9.17) is 9.26 Å². The summed E-state index contributed by atoms with van der Waals surface area (Å²) in [5, 5.41) is 3.41. The molecule has 1 aromatic heterocycles. The van der Waals surface area contributed by atoms with Crippen LogP contribution in [0.1, 0.15) is 45.3 Å². The van der Waals surface area contributed by atoms with Crippen LogP contribution < -0.4 is 0 Å². The van der Waals surface area contributed by atoms with Gasteiger partial charge in [-0.05, 0) is 26.7 Å². The molecular weight excluding hydrogens is 360 g/mol. The summed E-state index contributed by atoms with van der Waals surface area (Å²) < 4.78 is 36.4. The Morgan fingerprint density at radius 1 is 1.46 bits per heavy atom. The molecule has 26 heavy (non-hydrogen) atoms. The SMILES string of the molecule is COCc1nc(CCN(C(C)=O)C2CCCN(S(=O)(=O)C(C)C)C2)no1. The molecule has 1 aliphatic heterocycles. The van der Waals surface area contributed by atoms with Crippen molar-refractivity contribution in [3.05, 3.63) is 11.7 Å². The average Bonchev–Trinajstić information content (AvgIpc) is 3.03. The fourth-order valence-electron chi connectivity index (χ4n) is 3.10. The second-order valence-corrected chi connectivity index (χ2v) is 9.24. The van der Waals surface area contributed by atoms with E-state index >= 15 is 0 Å². The lowest BCUT2D eigenvalue weighted by molar-refractivity contribution is -0.131.